The molecule has 19 heavy (non-hydrogen) atoms. The van der Waals surface area contributed by atoms with Gasteiger partial charge in [-0.25, -0.2) is 0 Å². The van der Waals surface area contributed by atoms with Crippen LogP contribution in [0, 0.1) is 5.41 Å². The smallest absolute Gasteiger partial charge is 0.0453 e. The molecule has 0 saturated heterocycles. The number of hydrogen-bond acceptors (Lipinski definition) is 1. The zero-order valence-corrected chi connectivity index (χ0v) is 13.5. The van der Waals surface area contributed by atoms with Crippen LogP contribution in [-0.4, -0.2) is 12.1 Å². The van der Waals surface area contributed by atoms with Crippen molar-refractivity contribution in [1.29, 1.82) is 0 Å². The topological polar surface area (TPSA) is 12.0 Å². The van der Waals surface area contributed by atoms with Crippen molar-refractivity contribution in [2.75, 3.05) is 6.54 Å². The lowest BCUT2D eigenvalue weighted by molar-refractivity contribution is 0.118. The summed E-state index contributed by atoms with van der Waals surface area (Å²) >= 11 is 12.6. The molecule has 1 fully saturated rings. The average Bonchev–Trinajstić information content (AvgIpc) is 2.24. The second-order valence-electron chi connectivity index (χ2n) is 6.83. The fourth-order valence-electron chi connectivity index (χ4n) is 2.62. The second kappa shape index (κ2) is 5.63. The first-order chi connectivity index (χ1) is 8.81. The SMILES string of the molecule is CC(C)(C)NCC1(Cc2c(Cl)cccc2Cl)CCC1. The van der Waals surface area contributed by atoms with Gasteiger partial charge in [0.1, 0.15) is 0 Å². The van der Waals surface area contributed by atoms with Gasteiger partial charge in [0.25, 0.3) is 0 Å². The fraction of sp³-hybridized carbons (Fsp3) is 0.625. The molecule has 1 nitrogen and oxygen atoms in total. The minimum atomic E-state index is 0.160. The van der Waals surface area contributed by atoms with Crippen LogP contribution in [0.25, 0.3) is 0 Å². The number of nitrogens with one attached hydrogen (secondary N) is 1. The van der Waals surface area contributed by atoms with E-state index in [1.165, 1.54) is 19.3 Å². The number of halogens is 2. The van der Waals surface area contributed by atoms with Crippen molar-refractivity contribution in [3.63, 3.8) is 0 Å². The van der Waals surface area contributed by atoms with Gasteiger partial charge >= 0.3 is 0 Å². The second-order valence-corrected chi connectivity index (χ2v) is 7.65. The quantitative estimate of drug-likeness (QED) is 0.816. The third-order valence-electron chi connectivity index (χ3n) is 4.02. The van der Waals surface area contributed by atoms with E-state index in [2.05, 4.69) is 26.1 Å². The van der Waals surface area contributed by atoms with E-state index in [1.54, 1.807) is 0 Å². The molecule has 0 amide bonds. The summed E-state index contributed by atoms with van der Waals surface area (Å²) in [6.07, 6.45) is 4.82. The molecule has 1 aliphatic carbocycles. The van der Waals surface area contributed by atoms with E-state index < -0.39 is 0 Å². The highest BCUT2D eigenvalue weighted by molar-refractivity contribution is 6.36. The zero-order chi connectivity index (χ0) is 14.1. The Bertz CT molecular complexity index is 424. The van der Waals surface area contributed by atoms with Gasteiger partial charge in [0.15, 0.2) is 0 Å². The first kappa shape index (κ1) is 15.2. The Morgan fingerprint density at radius 2 is 1.74 bits per heavy atom. The highest BCUT2D eigenvalue weighted by atomic mass is 35.5. The van der Waals surface area contributed by atoms with Crippen LogP contribution >= 0.6 is 23.2 Å². The van der Waals surface area contributed by atoms with Gasteiger partial charge in [-0.1, -0.05) is 35.7 Å². The van der Waals surface area contributed by atoms with Crippen LogP contribution in [-0.2, 0) is 6.42 Å². The molecule has 0 aliphatic heterocycles. The Balaban J connectivity index is 2.10. The van der Waals surface area contributed by atoms with Crippen molar-refractivity contribution in [3.05, 3.63) is 33.8 Å². The number of hydrogen-bond donors (Lipinski definition) is 1. The van der Waals surface area contributed by atoms with Crippen molar-refractivity contribution in [1.82, 2.24) is 5.32 Å². The molecule has 0 spiro atoms. The lowest BCUT2D eigenvalue weighted by Gasteiger charge is -2.44. The molecule has 1 aromatic carbocycles. The van der Waals surface area contributed by atoms with Gasteiger partial charge in [-0.3, -0.25) is 0 Å². The lowest BCUT2D eigenvalue weighted by atomic mass is 9.65. The maximum Gasteiger partial charge on any atom is 0.0453 e. The van der Waals surface area contributed by atoms with Crippen LogP contribution in [0.15, 0.2) is 18.2 Å². The van der Waals surface area contributed by atoms with Gasteiger partial charge in [-0.2, -0.15) is 0 Å². The van der Waals surface area contributed by atoms with Crippen LogP contribution in [0.2, 0.25) is 10.0 Å². The highest BCUT2D eigenvalue weighted by Crippen LogP contribution is 2.45. The molecule has 1 N–H and O–H groups in total. The minimum Gasteiger partial charge on any atom is -0.312 e. The third-order valence-corrected chi connectivity index (χ3v) is 4.73. The summed E-state index contributed by atoms with van der Waals surface area (Å²) in [7, 11) is 0. The Hall–Kier alpha value is -0.240. The van der Waals surface area contributed by atoms with Crippen molar-refractivity contribution >= 4 is 23.2 Å². The number of rotatable bonds is 4. The normalized spacial score (nSPS) is 18.2. The lowest BCUT2D eigenvalue weighted by Crippen LogP contribution is -2.48. The average molecular weight is 300 g/mol. The maximum atomic E-state index is 6.30. The van der Waals surface area contributed by atoms with E-state index in [0.29, 0.717) is 5.41 Å². The van der Waals surface area contributed by atoms with Crippen molar-refractivity contribution in [3.8, 4) is 0 Å². The Morgan fingerprint density at radius 1 is 1.16 bits per heavy atom. The largest absolute Gasteiger partial charge is 0.312 e. The predicted octanol–water partition coefficient (Wildman–Crippen LogP) is 5.09. The molecule has 3 heteroatoms. The van der Waals surface area contributed by atoms with E-state index in [4.69, 9.17) is 23.2 Å². The Labute approximate surface area is 126 Å². The van der Waals surface area contributed by atoms with E-state index in [1.807, 2.05) is 18.2 Å². The standard InChI is InChI=1S/C16H23Cl2N/c1-15(2,3)19-11-16(8-5-9-16)10-12-13(17)6-4-7-14(12)18/h4,6-7,19H,5,8-11H2,1-3H3. The fourth-order valence-corrected chi connectivity index (χ4v) is 3.15. The summed E-state index contributed by atoms with van der Waals surface area (Å²) < 4.78 is 0. The molecule has 0 unspecified atom stereocenters. The van der Waals surface area contributed by atoms with Gasteiger partial charge in [0, 0.05) is 22.1 Å². The van der Waals surface area contributed by atoms with E-state index in [-0.39, 0.29) is 5.54 Å². The van der Waals surface area contributed by atoms with Crippen molar-refractivity contribution in [2.45, 2.75) is 52.0 Å². The minimum absolute atomic E-state index is 0.160. The zero-order valence-electron chi connectivity index (χ0n) is 12.0. The van der Waals surface area contributed by atoms with Gasteiger partial charge < -0.3 is 5.32 Å². The van der Waals surface area contributed by atoms with Gasteiger partial charge in [0.2, 0.25) is 0 Å². The molecular weight excluding hydrogens is 277 g/mol. The third kappa shape index (κ3) is 3.87. The van der Waals surface area contributed by atoms with Gasteiger partial charge in [-0.15, -0.1) is 0 Å². The van der Waals surface area contributed by atoms with E-state index >= 15 is 0 Å². The molecule has 0 heterocycles. The van der Waals surface area contributed by atoms with E-state index in [9.17, 15) is 0 Å². The summed E-state index contributed by atoms with van der Waals surface area (Å²) in [4.78, 5) is 0. The molecular formula is C16H23Cl2N. The van der Waals surface area contributed by atoms with Crippen LogP contribution in [0.3, 0.4) is 0 Å². The molecule has 0 bridgehead atoms. The predicted molar refractivity (Wildman–Crippen MR) is 84.2 cm³/mol. The summed E-state index contributed by atoms with van der Waals surface area (Å²) in [6.45, 7) is 7.67. The first-order valence-electron chi connectivity index (χ1n) is 6.99. The number of benzene rings is 1. The van der Waals surface area contributed by atoms with Crippen molar-refractivity contribution in [2.24, 2.45) is 5.41 Å². The Kier molecular flexibility index (Phi) is 4.49. The first-order valence-corrected chi connectivity index (χ1v) is 7.75. The maximum absolute atomic E-state index is 6.30. The van der Waals surface area contributed by atoms with Crippen LogP contribution in [0.4, 0.5) is 0 Å². The van der Waals surface area contributed by atoms with Crippen LogP contribution in [0.5, 0.6) is 0 Å². The molecule has 1 aromatic rings. The molecule has 106 valence electrons. The van der Waals surface area contributed by atoms with E-state index in [0.717, 1.165) is 28.6 Å². The van der Waals surface area contributed by atoms with Crippen LogP contribution in [0.1, 0.15) is 45.6 Å². The monoisotopic (exact) mass is 299 g/mol. The Morgan fingerprint density at radius 3 is 2.16 bits per heavy atom. The molecule has 2 rings (SSSR count). The summed E-state index contributed by atoms with van der Waals surface area (Å²) in [5.74, 6) is 0. The molecule has 1 saturated carbocycles. The molecule has 1 aliphatic rings. The molecule has 0 atom stereocenters. The van der Waals surface area contributed by atoms with Crippen molar-refractivity contribution < 1.29 is 0 Å². The summed E-state index contributed by atoms with van der Waals surface area (Å²) in [5, 5.41) is 5.24. The summed E-state index contributed by atoms with van der Waals surface area (Å²) in [5.41, 5.74) is 1.61. The molecule has 0 aromatic heterocycles. The highest BCUT2D eigenvalue weighted by Gasteiger charge is 2.38. The van der Waals surface area contributed by atoms with Crippen LogP contribution < -0.4 is 5.32 Å². The van der Waals surface area contributed by atoms with Gasteiger partial charge in [0.05, 0.1) is 0 Å². The van der Waals surface area contributed by atoms with Gasteiger partial charge in [-0.05, 0) is 63.1 Å². The molecule has 0 radical (unpaired) electrons. The summed E-state index contributed by atoms with van der Waals surface area (Å²) in [6, 6.07) is 5.79.